The number of halogens is 2. The molecule has 4 heteroatoms. The Hall–Kier alpha value is -1.06. The molecule has 1 rings (SSSR count). The quantitative estimate of drug-likeness (QED) is 0.827. The number of nitrogens with two attached hydrogens (primary N) is 1. The van der Waals surface area contributed by atoms with Crippen molar-refractivity contribution < 1.29 is 9.13 Å². The first-order valence-electron chi connectivity index (χ1n) is 4.78. The van der Waals surface area contributed by atoms with Crippen molar-refractivity contribution in [3.63, 3.8) is 0 Å². The molecule has 1 aromatic carbocycles. The molecule has 16 heavy (non-hydrogen) atoms. The molecule has 0 amide bonds. The lowest BCUT2D eigenvalue weighted by molar-refractivity contribution is 0.410. The van der Waals surface area contributed by atoms with E-state index in [0.717, 1.165) is 5.57 Å². The molecule has 0 saturated carbocycles. The van der Waals surface area contributed by atoms with Crippen LogP contribution in [0.5, 0.6) is 5.75 Å². The van der Waals surface area contributed by atoms with Gasteiger partial charge in [-0.3, -0.25) is 0 Å². The van der Waals surface area contributed by atoms with Crippen molar-refractivity contribution >= 4 is 12.4 Å². The van der Waals surface area contributed by atoms with Crippen LogP contribution >= 0.6 is 12.4 Å². The fourth-order valence-corrected chi connectivity index (χ4v) is 1.42. The molecule has 90 valence electrons. The van der Waals surface area contributed by atoms with Crippen LogP contribution in [0.2, 0.25) is 0 Å². The Labute approximate surface area is 102 Å². The predicted molar refractivity (Wildman–Crippen MR) is 66.6 cm³/mol. The zero-order valence-electron chi connectivity index (χ0n) is 9.50. The van der Waals surface area contributed by atoms with E-state index in [1.54, 1.807) is 12.1 Å². The highest BCUT2D eigenvalue weighted by Gasteiger charge is 2.12. The zero-order valence-corrected chi connectivity index (χ0v) is 10.3. The summed E-state index contributed by atoms with van der Waals surface area (Å²) in [6.45, 7) is 5.63. The second-order valence-corrected chi connectivity index (χ2v) is 3.66. The van der Waals surface area contributed by atoms with E-state index >= 15 is 0 Å². The minimum absolute atomic E-state index is 0. The molecule has 0 radical (unpaired) electrons. The standard InChI is InChI=1S/C12H16FNO.ClH/c1-8(2)6-12(14)10-5-4-9(15-3)7-11(10)13;/h4-5,7,12H,1,6,14H2,2-3H3;1H/t12-;/m0./s1. The second kappa shape index (κ2) is 6.51. The lowest BCUT2D eigenvalue weighted by Gasteiger charge is -2.13. The second-order valence-electron chi connectivity index (χ2n) is 3.66. The van der Waals surface area contributed by atoms with E-state index in [-0.39, 0.29) is 24.3 Å². The average Bonchev–Trinajstić information content (AvgIpc) is 2.16. The van der Waals surface area contributed by atoms with Crippen molar-refractivity contribution in [2.24, 2.45) is 5.73 Å². The van der Waals surface area contributed by atoms with E-state index in [4.69, 9.17) is 10.5 Å². The molecule has 2 N–H and O–H groups in total. The smallest absolute Gasteiger partial charge is 0.131 e. The SMILES string of the molecule is C=C(C)C[C@H](N)c1ccc(OC)cc1F.Cl. The fourth-order valence-electron chi connectivity index (χ4n) is 1.42. The molecule has 0 spiro atoms. The third kappa shape index (κ3) is 3.83. The molecule has 1 aromatic rings. The van der Waals surface area contributed by atoms with Crippen LogP contribution in [-0.4, -0.2) is 7.11 Å². The minimum atomic E-state index is -0.339. The van der Waals surface area contributed by atoms with Crippen LogP contribution in [0.4, 0.5) is 4.39 Å². The van der Waals surface area contributed by atoms with Crippen molar-refractivity contribution in [2.45, 2.75) is 19.4 Å². The maximum absolute atomic E-state index is 13.5. The van der Waals surface area contributed by atoms with Crippen LogP contribution in [0.3, 0.4) is 0 Å². The summed E-state index contributed by atoms with van der Waals surface area (Å²) < 4.78 is 18.5. The number of hydrogen-bond acceptors (Lipinski definition) is 2. The summed E-state index contributed by atoms with van der Waals surface area (Å²) in [6, 6.07) is 4.36. The van der Waals surface area contributed by atoms with E-state index in [1.165, 1.54) is 13.2 Å². The lowest BCUT2D eigenvalue weighted by Crippen LogP contribution is -2.12. The Kier molecular flexibility index (Phi) is 6.08. The van der Waals surface area contributed by atoms with Gasteiger partial charge >= 0.3 is 0 Å². The highest BCUT2D eigenvalue weighted by atomic mass is 35.5. The summed E-state index contributed by atoms with van der Waals surface area (Å²) in [7, 11) is 1.50. The normalized spacial score (nSPS) is 11.5. The third-order valence-electron chi connectivity index (χ3n) is 2.18. The molecule has 1 atom stereocenters. The number of rotatable bonds is 4. The molecule has 2 nitrogen and oxygen atoms in total. The molecule has 0 aromatic heterocycles. The van der Waals surface area contributed by atoms with Crippen molar-refractivity contribution in [2.75, 3.05) is 7.11 Å². The van der Waals surface area contributed by atoms with Gasteiger partial charge in [-0.25, -0.2) is 4.39 Å². The van der Waals surface area contributed by atoms with E-state index in [0.29, 0.717) is 17.7 Å². The van der Waals surface area contributed by atoms with E-state index in [2.05, 4.69) is 6.58 Å². The molecule has 0 aliphatic rings. The Bertz CT molecular complexity index is 368. The van der Waals surface area contributed by atoms with Crippen molar-refractivity contribution in [3.8, 4) is 5.75 Å². The monoisotopic (exact) mass is 245 g/mol. The summed E-state index contributed by atoms with van der Waals surface area (Å²) in [4.78, 5) is 0. The Morgan fingerprint density at radius 3 is 2.62 bits per heavy atom. The number of ether oxygens (including phenoxy) is 1. The fraction of sp³-hybridized carbons (Fsp3) is 0.333. The maximum Gasteiger partial charge on any atom is 0.131 e. The molecule has 0 bridgehead atoms. The van der Waals surface area contributed by atoms with Crippen LogP contribution in [0, 0.1) is 5.82 Å². The minimum Gasteiger partial charge on any atom is -0.497 e. The Morgan fingerprint density at radius 1 is 1.56 bits per heavy atom. The van der Waals surface area contributed by atoms with Gasteiger partial charge in [0.15, 0.2) is 0 Å². The molecule has 0 saturated heterocycles. The predicted octanol–water partition coefficient (Wildman–Crippen LogP) is 3.22. The molecular formula is C12H17ClFNO. The van der Waals surface area contributed by atoms with Gasteiger partial charge in [-0.15, -0.1) is 19.0 Å². The third-order valence-corrected chi connectivity index (χ3v) is 2.18. The number of hydrogen-bond donors (Lipinski definition) is 1. The lowest BCUT2D eigenvalue weighted by atomic mass is 10.0. The first-order valence-corrected chi connectivity index (χ1v) is 4.78. The Morgan fingerprint density at radius 2 is 2.19 bits per heavy atom. The highest BCUT2D eigenvalue weighted by Crippen LogP contribution is 2.23. The van der Waals surface area contributed by atoms with Crippen molar-refractivity contribution in [1.82, 2.24) is 0 Å². The van der Waals surface area contributed by atoms with Crippen LogP contribution in [-0.2, 0) is 0 Å². The highest BCUT2D eigenvalue weighted by molar-refractivity contribution is 5.85. The summed E-state index contributed by atoms with van der Waals surface area (Å²) in [6.07, 6.45) is 0.587. The van der Waals surface area contributed by atoms with Gasteiger partial charge in [0, 0.05) is 17.7 Å². The maximum atomic E-state index is 13.5. The van der Waals surface area contributed by atoms with Crippen LogP contribution in [0.25, 0.3) is 0 Å². The van der Waals surface area contributed by atoms with Crippen LogP contribution in [0.15, 0.2) is 30.4 Å². The van der Waals surface area contributed by atoms with E-state index < -0.39 is 0 Å². The van der Waals surface area contributed by atoms with Crippen LogP contribution < -0.4 is 10.5 Å². The molecule has 0 fully saturated rings. The van der Waals surface area contributed by atoms with E-state index in [9.17, 15) is 4.39 Å². The van der Waals surface area contributed by atoms with Gasteiger partial charge < -0.3 is 10.5 Å². The largest absolute Gasteiger partial charge is 0.497 e. The van der Waals surface area contributed by atoms with Gasteiger partial charge in [0.1, 0.15) is 11.6 Å². The van der Waals surface area contributed by atoms with Gasteiger partial charge in [0.25, 0.3) is 0 Å². The number of benzene rings is 1. The molecule has 0 unspecified atom stereocenters. The van der Waals surface area contributed by atoms with Crippen molar-refractivity contribution in [1.29, 1.82) is 0 Å². The van der Waals surface area contributed by atoms with Gasteiger partial charge in [-0.05, 0) is 19.4 Å². The number of methoxy groups -OCH3 is 1. The van der Waals surface area contributed by atoms with Gasteiger partial charge in [0.2, 0.25) is 0 Å². The summed E-state index contributed by atoms with van der Waals surface area (Å²) >= 11 is 0. The first-order chi connectivity index (χ1) is 7.04. The summed E-state index contributed by atoms with van der Waals surface area (Å²) in [5.74, 6) is 0.168. The average molecular weight is 246 g/mol. The van der Waals surface area contributed by atoms with Gasteiger partial charge in [0.05, 0.1) is 7.11 Å². The van der Waals surface area contributed by atoms with Crippen molar-refractivity contribution in [3.05, 3.63) is 41.7 Å². The topological polar surface area (TPSA) is 35.2 Å². The molecular weight excluding hydrogens is 229 g/mol. The van der Waals surface area contributed by atoms with E-state index in [1.807, 2.05) is 6.92 Å². The van der Waals surface area contributed by atoms with Gasteiger partial charge in [-0.1, -0.05) is 11.6 Å². The first kappa shape index (κ1) is 14.9. The molecule has 0 heterocycles. The molecule has 0 aliphatic carbocycles. The van der Waals surface area contributed by atoms with Crippen LogP contribution in [0.1, 0.15) is 24.9 Å². The zero-order chi connectivity index (χ0) is 11.4. The summed E-state index contributed by atoms with van der Waals surface area (Å²) in [5, 5.41) is 0. The molecule has 0 aliphatic heterocycles. The van der Waals surface area contributed by atoms with Gasteiger partial charge in [-0.2, -0.15) is 0 Å². The Balaban J connectivity index is 0.00000225. The summed E-state index contributed by atoms with van der Waals surface area (Å²) in [5.41, 5.74) is 7.29.